The molecule has 30 heavy (non-hydrogen) atoms. The minimum Gasteiger partial charge on any atom is -0.477 e. The molecule has 3 rings (SSSR count). The fraction of sp³-hybridized carbons (Fsp3) is 0.300. The van der Waals surface area contributed by atoms with Crippen molar-refractivity contribution < 1.29 is 23.6 Å². The number of rotatable bonds is 7. The molecule has 10 heteroatoms. The Kier molecular flexibility index (Phi) is 6.91. The van der Waals surface area contributed by atoms with Crippen LogP contribution in [0, 0.1) is 15.9 Å². The van der Waals surface area contributed by atoms with Crippen LogP contribution in [-0.2, 0) is 9.59 Å². The molecule has 1 heterocycles. The van der Waals surface area contributed by atoms with Crippen LogP contribution in [0.2, 0.25) is 0 Å². The van der Waals surface area contributed by atoms with E-state index in [2.05, 4.69) is 5.32 Å². The fourth-order valence-corrected chi connectivity index (χ4v) is 3.05. The van der Waals surface area contributed by atoms with Gasteiger partial charge in [-0.1, -0.05) is 12.1 Å². The lowest BCUT2D eigenvalue weighted by Crippen LogP contribution is -2.51. The first kappa shape index (κ1) is 21.2. The van der Waals surface area contributed by atoms with E-state index in [1.54, 1.807) is 11.0 Å². The minimum atomic E-state index is -0.560. The van der Waals surface area contributed by atoms with E-state index in [4.69, 9.17) is 4.74 Å². The van der Waals surface area contributed by atoms with E-state index in [1.807, 2.05) is 4.90 Å². The Morgan fingerprint density at radius 2 is 1.73 bits per heavy atom. The largest absolute Gasteiger partial charge is 0.477 e. The van der Waals surface area contributed by atoms with Crippen molar-refractivity contribution in [2.24, 2.45) is 0 Å². The Balaban J connectivity index is 1.42. The lowest BCUT2D eigenvalue weighted by Gasteiger charge is -2.34. The number of hydrogen-bond acceptors (Lipinski definition) is 6. The van der Waals surface area contributed by atoms with E-state index in [9.17, 15) is 24.1 Å². The zero-order chi connectivity index (χ0) is 21.5. The van der Waals surface area contributed by atoms with Crippen LogP contribution in [0.3, 0.4) is 0 Å². The number of para-hydroxylation sites is 2. The first-order valence-corrected chi connectivity index (χ1v) is 9.34. The second-order valence-corrected chi connectivity index (χ2v) is 6.73. The Morgan fingerprint density at radius 1 is 1.07 bits per heavy atom. The van der Waals surface area contributed by atoms with Crippen LogP contribution < -0.4 is 10.1 Å². The maximum absolute atomic E-state index is 12.9. The van der Waals surface area contributed by atoms with Gasteiger partial charge in [0, 0.05) is 37.9 Å². The molecule has 0 aromatic heterocycles. The molecule has 0 unspecified atom stereocenters. The van der Waals surface area contributed by atoms with Crippen LogP contribution in [0.5, 0.6) is 5.75 Å². The van der Waals surface area contributed by atoms with Gasteiger partial charge in [-0.05, 0) is 30.3 Å². The molecule has 2 amide bonds. The maximum Gasteiger partial charge on any atom is 0.310 e. The van der Waals surface area contributed by atoms with E-state index >= 15 is 0 Å². The first-order chi connectivity index (χ1) is 14.4. The number of carbonyl (C=O) groups is 2. The van der Waals surface area contributed by atoms with E-state index in [-0.39, 0.29) is 42.2 Å². The molecule has 158 valence electrons. The summed E-state index contributed by atoms with van der Waals surface area (Å²) in [5, 5.41) is 13.7. The zero-order valence-electron chi connectivity index (χ0n) is 16.1. The third kappa shape index (κ3) is 5.74. The number of nitro benzene ring substituents is 1. The molecule has 9 nitrogen and oxygen atoms in total. The lowest BCUT2D eigenvalue weighted by atomic mass is 10.3. The zero-order valence-corrected chi connectivity index (χ0v) is 16.1. The van der Waals surface area contributed by atoms with Crippen molar-refractivity contribution in [1.82, 2.24) is 9.80 Å². The second kappa shape index (κ2) is 9.79. The number of halogens is 1. The van der Waals surface area contributed by atoms with Crippen molar-refractivity contribution in [2.45, 2.75) is 0 Å². The van der Waals surface area contributed by atoms with Crippen LogP contribution in [0.4, 0.5) is 15.8 Å². The summed E-state index contributed by atoms with van der Waals surface area (Å²) >= 11 is 0. The summed E-state index contributed by atoms with van der Waals surface area (Å²) in [7, 11) is 0. The number of nitrogens with zero attached hydrogens (tertiary/aromatic N) is 3. The van der Waals surface area contributed by atoms with Crippen LogP contribution in [0.25, 0.3) is 0 Å². The lowest BCUT2D eigenvalue weighted by molar-refractivity contribution is -0.385. The molecule has 1 aliphatic heterocycles. The number of amides is 2. The van der Waals surface area contributed by atoms with E-state index in [0.29, 0.717) is 31.9 Å². The molecule has 0 saturated carbocycles. The second-order valence-electron chi connectivity index (χ2n) is 6.73. The highest BCUT2D eigenvalue weighted by atomic mass is 19.1. The van der Waals surface area contributed by atoms with Crippen LogP contribution in [0.1, 0.15) is 0 Å². The molecule has 0 bridgehead atoms. The van der Waals surface area contributed by atoms with Gasteiger partial charge in [0.05, 0.1) is 11.5 Å². The number of benzene rings is 2. The fourth-order valence-electron chi connectivity index (χ4n) is 3.05. The summed E-state index contributed by atoms with van der Waals surface area (Å²) in [5.74, 6) is -0.823. The summed E-state index contributed by atoms with van der Waals surface area (Å²) in [6.07, 6.45) is 0. The molecule has 0 atom stereocenters. The molecular weight excluding hydrogens is 395 g/mol. The van der Waals surface area contributed by atoms with Gasteiger partial charge in [0.25, 0.3) is 5.91 Å². The van der Waals surface area contributed by atoms with Gasteiger partial charge in [-0.2, -0.15) is 0 Å². The SMILES string of the molecule is O=C(CN1CCN(C(=O)COc2ccccc2[N+](=O)[O-])CC1)Nc1ccc(F)cc1. The van der Waals surface area contributed by atoms with Gasteiger partial charge < -0.3 is 15.0 Å². The highest BCUT2D eigenvalue weighted by molar-refractivity contribution is 5.92. The number of nitrogens with one attached hydrogen (secondary N) is 1. The first-order valence-electron chi connectivity index (χ1n) is 9.34. The minimum absolute atomic E-state index is 0.0481. The Hall–Kier alpha value is -3.53. The summed E-state index contributed by atoms with van der Waals surface area (Å²) < 4.78 is 18.3. The number of nitro groups is 1. The predicted octanol–water partition coefficient (Wildman–Crippen LogP) is 1.90. The van der Waals surface area contributed by atoms with Gasteiger partial charge in [0.1, 0.15) is 5.82 Å². The van der Waals surface area contributed by atoms with E-state index in [0.717, 1.165) is 0 Å². The van der Waals surface area contributed by atoms with Crippen molar-refractivity contribution in [3.8, 4) is 5.75 Å². The molecule has 0 spiro atoms. The summed E-state index contributed by atoms with van der Waals surface area (Å²) in [6.45, 7) is 1.72. The van der Waals surface area contributed by atoms with Crippen LogP contribution >= 0.6 is 0 Å². The van der Waals surface area contributed by atoms with E-state index < -0.39 is 4.92 Å². The molecule has 0 radical (unpaired) electrons. The van der Waals surface area contributed by atoms with Crippen LogP contribution in [-0.4, -0.2) is 65.9 Å². The van der Waals surface area contributed by atoms with Crippen molar-refractivity contribution >= 4 is 23.2 Å². The highest BCUT2D eigenvalue weighted by Crippen LogP contribution is 2.25. The molecule has 1 fully saturated rings. The van der Waals surface area contributed by atoms with Crippen molar-refractivity contribution in [3.05, 3.63) is 64.5 Å². The quantitative estimate of drug-likeness (QED) is 0.546. The van der Waals surface area contributed by atoms with Crippen LogP contribution in [0.15, 0.2) is 48.5 Å². The molecule has 1 aliphatic rings. The Bertz CT molecular complexity index is 914. The predicted molar refractivity (Wildman–Crippen MR) is 107 cm³/mol. The average molecular weight is 416 g/mol. The van der Waals surface area contributed by atoms with Gasteiger partial charge in [-0.15, -0.1) is 0 Å². The number of anilines is 1. The molecule has 1 saturated heterocycles. The van der Waals surface area contributed by atoms with Crippen molar-refractivity contribution in [1.29, 1.82) is 0 Å². The molecule has 0 aliphatic carbocycles. The Morgan fingerprint density at radius 3 is 2.40 bits per heavy atom. The molecular formula is C20H21FN4O5. The van der Waals surface area contributed by atoms with Gasteiger partial charge in [0.15, 0.2) is 12.4 Å². The number of ether oxygens (including phenoxy) is 1. The normalized spacial score (nSPS) is 14.2. The third-order valence-electron chi connectivity index (χ3n) is 4.63. The van der Waals surface area contributed by atoms with Gasteiger partial charge in [0.2, 0.25) is 5.91 Å². The summed E-state index contributed by atoms with van der Waals surface area (Å²) in [5.41, 5.74) is 0.324. The van der Waals surface area contributed by atoms with Crippen molar-refractivity contribution in [3.63, 3.8) is 0 Å². The third-order valence-corrected chi connectivity index (χ3v) is 4.63. The Labute approximate surface area is 172 Å². The average Bonchev–Trinajstić information content (AvgIpc) is 2.74. The topological polar surface area (TPSA) is 105 Å². The number of hydrogen-bond donors (Lipinski definition) is 1. The summed E-state index contributed by atoms with van der Waals surface area (Å²) in [4.78, 5) is 38.4. The highest BCUT2D eigenvalue weighted by Gasteiger charge is 2.23. The maximum atomic E-state index is 12.9. The smallest absolute Gasteiger partial charge is 0.310 e. The van der Waals surface area contributed by atoms with Gasteiger partial charge >= 0.3 is 5.69 Å². The van der Waals surface area contributed by atoms with Gasteiger partial charge in [-0.3, -0.25) is 24.6 Å². The van der Waals surface area contributed by atoms with Gasteiger partial charge in [-0.25, -0.2) is 4.39 Å². The summed E-state index contributed by atoms with van der Waals surface area (Å²) in [6, 6.07) is 11.4. The number of piperazine rings is 1. The molecule has 2 aromatic rings. The molecule has 2 aromatic carbocycles. The van der Waals surface area contributed by atoms with Crippen molar-refractivity contribution in [2.75, 3.05) is 44.6 Å². The molecule has 1 N–H and O–H groups in total. The van der Waals surface area contributed by atoms with E-state index in [1.165, 1.54) is 42.5 Å². The monoisotopic (exact) mass is 416 g/mol. The number of carbonyl (C=O) groups excluding carboxylic acids is 2. The standard InChI is InChI=1S/C20H21FN4O5/c21-15-5-7-16(8-6-15)22-19(26)13-23-9-11-24(12-10-23)20(27)14-30-18-4-2-1-3-17(18)25(28)29/h1-8H,9-14H2,(H,22,26).